The standard InChI is InChI=1S/C13H26N2O2/c1-2-15-6-7-17-13(9-15)11-16-10-12-4-3-5-14-8-12/h12-14H,2-11H2,1H3. The van der Waals surface area contributed by atoms with E-state index in [4.69, 9.17) is 9.47 Å². The predicted molar refractivity (Wildman–Crippen MR) is 68.3 cm³/mol. The van der Waals surface area contributed by atoms with Crippen molar-refractivity contribution in [3.8, 4) is 0 Å². The van der Waals surface area contributed by atoms with Crippen LogP contribution in [0.25, 0.3) is 0 Å². The fraction of sp³-hybridized carbons (Fsp3) is 1.00. The van der Waals surface area contributed by atoms with Gasteiger partial charge in [-0.1, -0.05) is 6.92 Å². The molecule has 0 aromatic rings. The highest BCUT2D eigenvalue weighted by atomic mass is 16.5. The van der Waals surface area contributed by atoms with Gasteiger partial charge in [-0.2, -0.15) is 0 Å². The van der Waals surface area contributed by atoms with Gasteiger partial charge in [-0.25, -0.2) is 0 Å². The van der Waals surface area contributed by atoms with Gasteiger partial charge in [0, 0.05) is 19.6 Å². The van der Waals surface area contributed by atoms with Crippen molar-refractivity contribution in [1.82, 2.24) is 10.2 Å². The summed E-state index contributed by atoms with van der Waals surface area (Å²) >= 11 is 0. The first kappa shape index (κ1) is 13.3. The molecule has 2 saturated heterocycles. The van der Waals surface area contributed by atoms with Gasteiger partial charge < -0.3 is 14.8 Å². The van der Waals surface area contributed by atoms with E-state index in [0.29, 0.717) is 5.92 Å². The minimum absolute atomic E-state index is 0.278. The molecule has 2 atom stereocenters. The molecule has 17 heavy (non-hydrogen) atoms. The number of ether oxygens (including phenoxy) is 2. The largest absolute Gasteiger partial charge is 0.378 e. The van der Waals surface area contributed by atoms with Crippen LogP contribution in [0.4, 0.5) is 0 Å². The summed E-state index contributed by atoms with van der Waals surface area (Å²) in [5, 5.41) is 3.42. The van der Waals surface area contributed by atoms with Gasteiger partial charge in [-0.15, -0.1) is 0 Å². The molecule has 0 bridgehead atoms. The average Bonchev–Trinajstić information content (AvgIpc) is 2.40. The molecule has 0 saturated carbocycles. The van der Waals surface area contributed by atoms with Crippen molar-refractivity contribution in [2.24, 2.45) is 5.92 Å². The Hall–Kier alpha value is -0.160. The van der Waals surface area contributed by atoms with Crippen molar-refractivity contribution in [2.45, 2.75) is 25.9 Å². The first-order chi connectivity index (χ1) is 8.38. The van der Waals surface area contributed by atoms with Gasteiger partial charge in [-0.05, 0) is 31.8 Å². The molecular formula is C13H26N2O2. The molecule has 2 aliphatic rings. The average molecular weight is 242 g/mol. The fourth-order valence-electron chi connectivity index (χ4n) is 2.60. The minimum Gasteiger partial charge on any atom is -0.378 e. The number of nitrogens with zero attached hydrogens (tertiary/aromatic N) is 1. The van der Waals surface area contributed by atoms with E-state index in [1.807, 2.05) is 0 Å². The molecule has 2 fully saturated rings. The number of likely N-dealkylation sites (N-methyl/N-ethyl adjacent to an activating group) is 1. The number of morpholine rings is 1. The maximum absolute atomic E-state index is 5.81. The normalized spacial score (nSPS) is 31.6. The van der Waals surface area contributed by atoms with Crippen LogP contribution in [-0.4, -0.2) is 63.5 Å². The molecule has 0 aromatic carbocycles. The quantitative estimate of drug-likeness (QED) is 0.770. The van der Waals surface area contributed by atoms with Crippen LogP contribution in [0, 0.1) is 5.92 Å². The SMILES string of the molecule is CCN1CCOC(COCC2CCCNC2)C1. The van der Waals surface area contributed by atoms with Crippen LogP contribution in [0.2, 0.25) is 0 Å². The van der Waals surface area contributed by atoms with E-state index >= 15 is 0 Å². The Balaban J connectivity index is 1.57. The van der Waals surface area contributed by atoms with E-state index in [1.165, 1.54) is 19.4 Å². The lowest BCUT2D eigenvalue weighted by atomic mass is 10.0. The molecule has 2 rings (SSSR count). The van der Waals surface area contributed by atoms with Crippen LogP contribution < -0.4 is 5.32 Å². The number of piperidine rings is 1. The van der Waals surface area contributed by atoms with E-state index in [1.54, 1.807) is 0 Å². The first-order valence-corrected chi connectivity index (χ1v) is 7.01. The Morgan fingerprint density at radius 2 is 2.35 bits per heavy atom. The topological polar surface area (TPSA) is 33.7 Å². The summed E-state index contributed by atoms with van der Waals surface area (Å²) in [5.74, 6) is 0.703. The monoisotopic (exact) mass is 242 g/mol. The van der Waals surface area contributed by atoms with Crippen molar-refractivity contribution >= 4 is 0 Å². The Labute approximate surface area is 105 Å². The number of hydrogen-bond donors (Lipinski definition) is 1. The maximum atomic E-state index is 5.81. The third-order valence-electron chi connectivity index (χ3n) is 3.73. The van der Waals surface area contributed by atoms with Crippen molar-refractivity contribution in [3.05, 3.63) is 0 Å². The molecule has 0 aromatic heterocycles. The zero-order valence-corrected chi connectivity index (χ0v) is 11.0. The number of hydrogen-bond acceptors (Lipinski definition) is 4. The van der Waals surface area contributed by atoms with Crippen LogP contribution in [0.5, 0.6) is 0 Å². The van der Waals surface area contributed by atoms with E-state index < -0.39 is 0 Å². The molecule has 0 aliphatic carbocycles. The lowest BCUT2D eigenvalue weighted by Gasteiger charge is -2.32. The summed E-state index contributed by atoms with van der Waals surface area (Å²) in [6.07, 6.45) is 2.87. The smallest absolute Gasteiger partial charge is 0.0935 e. The Morgan fingerprint density at radius 3 is 3.12 bits per heavy atom. The number of nitrogens with one attached hydrogen (secondary N) is 1. The molecule has 2 unspecified atom stereocenters. The Morgan fingerprint density at radius 1 is 1.41 bits per heavy atom. The molecule has 4 heteroatoms. The van der Waals surface area contributed by atoms with E-state index in [2.05, 4.69) is 17.1 Å². The van der Waals surface area contributed by atoms with E-state index in [9.17, 15) is 0 Å². The summed E-state index contributed by atoms with van der Waals surface area (Å²) in [4.78, 5) is 2.43. The highest BCUT2D eigenvalue weighted by Gasteiger charge is 2.20. The van der Waals surface area contributed by atoms with Gasteiger partial charge >= 0.3 is 0 Å². The molecule has 2 aliphatic heterocycles. The second kappa shape index (κ2) is 7.31. The fourth-order valence-corrected chi connectivity index (χ4v) is 2.60. The third kappa shape index (κ3) is 4.54. The zero-order valence-electron chi connectivity index (χ0n) is 11.0. The second-order valence-corrected chi connectivity index (χ2v) is 5.14. The van der Waals surface area contributed by atoms with Crippen LogP contribution in [0.1, 0.15) is 19.8 Å². The highest BCUT2D eigenvalue weighted by molar-refractivity contribution is 4.71. The summed E-state index contributed by atoms with van der Waals surface area (Å²) in [6, 6.07) is 0. The van der Waals surface area contributed by atoms with E-state index in [0.717, 1.165) is 46.0 Å². The van der Waals surface area contributed by atoms with Crippen LogP contribution in [0.15, 0.2) is 0 Å². The minimum atomic E-state index is 0.278. The molecule has 2 heterocycles. The molecule has 0 amide bonds. The lowest BCUT2D eigenvalue weighted by molar-refractivity contribution is -0.0728. The zero-order chi connectivity index (χ0) is 11.9. The van der Waals surface area contributed by atoms with Crippen molar-refractivity contribution in [2.75, 3.05) is 52.5 Å². The summed E-state index contributed by atoms with van der Waals surface area (Å²) in [7, 11) is 0. The molecular weight excluding hydrogens is 216 g/mol. The first-order valence-electron chi connectivity index (χ1n) is 7.01. The molecule has 0 radical (unpaired) electrons. The van der Waals surface area contributed by atoms with Gasteiger partial charge in [0.15, 0.2) is 0 Å². The van der Waals surface area contributed by atoms with Crippen LogP contribution in [0.3, 0.4) is 0 Å². The summed E-state index contributed by atoms with van der Waals surface area (Å²) < 4.78 is 11.5. The van der Waals surface area contributed by atoms with Crippen molar-refractivity contribution in [3.63, 3.8) is 0 Å². The van der Waals surface area contributed by atoms with Crippen molar-refractivity contribution in [1.29, 1.82) is 0 Å². The predicted octanol–water partition coefficient (Wildman–Crippen LogP) is 0.723. The van der Waals surface area contributed by atoms with Gasteiger partial charge in [0.1, 0.15) is 0 Å². The summed E-state index contributed by atoms with van der Waals surface area (Å²) in [5.41, 5.74) is 0. The van der Waals surface area contributed by atoms with Gasteiger partial charge in [0.05, 0.1) is 25.9 Å². The van der Waals surface area contributed by atoms with Gasteiger partial charge in [-0.3, -0.25) is 4.90 Å². The van der Waals surface area contributed by atoms with E-state index in [-0.39, 0.29) is 6.10 Å². The Kier molecular flexibility index (Phi) is 5.71. The lowest BCUT2D eigenvalue weighted by Crippen LogP contribution is -2.44. The summed E-state index contributed by atoms with van der Waals surface area (Å²) in [6.45, 7) is 10.2. The third-order valence-corrected chi connectivity index (χ3v) is 3.73. The molecule has 4 nitrogen and oxygen atoms in total. The molecule has 0 spiro atoms. The Bertz CT molecular complexity index is 208. The molecule has 1 N–H and O–H groups in total. The second-order valence-electron chi connectivity index (χ2n) is 5.14. The molecule has 100 valence electrons. The van der Waals surface area contributed by atoms with Gasteiger partial charge in [0.25, 0.3) is 0 Å². The number of rotatable bonds is 5. The van der Waals surface area contributed by atoms with Crippen LogP contribution in [-0.2, 0) is 9.47 Å². The maximum Gasteiger partial charge on any atom is 0.0935 e. The van der Waals surface area contributed by atoms with Crippen LogP contribution >= 0.6 is 0 Å². The highest BCUT2D eigenvalue weighted by Crippen LogP contribution is 2.11. The van der Waals surface area contributed by atoms with Crippen molar-refractivity contribution < 1.29 is 9.47 Å². The van der Waals surface area contributed by atoms with Gasteiger partial charge in [0.2, 0.25) is 0 Å².